The third-order valence-electron chi connectivity index (χ3n) is 7.15. The van der Waals surface area contributed by atoms with Gasteiger partial charge in [0.1, 0.15) is 5.82 Å². The van der Waals surface area contributed by atoms with Crippen molar-refractivity contribution in [3.05, 3.63) is 42.2 Å². The van der Waals surface area contributed by atoms with Crippen LogP contribution in [0.5, 0.6) is 0 Å². The van der Waals surface area contributed by atoms with Gasteiger partial charge in [-0.05, 0) is 32.1 Å². The van der Waals surface area contributed by atoms with E-state index in [9.17, 15) is 18.7 Å². The van der Waals surface area contributed by atoms with E-state index in [1.807, 2.05) is 30.3 Å². The first-order valence-electron chi connectivity index (χ1n) is 11.6. The van der Waals surface area contributed by atoms with Crippen molar-refractivity contribution in [3.63, 3.8) is 0 Å². The van der Waals surface area contributed by atoms with Crippen molar-refractivity contribution in [2.24, 2.45) is 5.92 Å². The number of nitrogens with zero attached hydrogens (tertiary/aromatic N) is 1. The van der Waals surface area contributed by atoms with Crippen LogP contribution in [0, 0.1) is 5.92 Å². The minimum atomic E-state index is -2.59. The van der Waals surface area contributed by atoms with Crippen LogP contribution in [-0.2, 0) is 4.79 Å². The van der Waals surface area contributed by atoms with Gasteiger partial charge in [0.25, 0.3) is 0 Å². The quantitative estimate of drug-likeness (QED) is 0.550. The second-order valence-electron chi connectivity index (χ2n) is 9.60. The topological polar surface area (TPSA) is 90.0 Å². The molecule has 5 rings (SSSR count). The second kappa shape index (κ2) is 8.56. The van der Waals surface area contributed by atoms with E-state index < -0.39 is 17.9 Å². The molecule has 0 saturated heterocycles. The molecule has 4 N–H and O–H groups in total. The summed E-state index contributed by atoms with van der Waals surface area (Å²) in [6, 6.07) is 9.70. The van der Waals surface area contributed by atoms with Gasteiger partial charge in [-0.2, -0.15) is 0 Å². The van der Waals surface area contributed by atoms with Gasteiger partial charge >= 0.3 is 0 Å². The van der Waals surface area contributed by atoms with Crippen molar-refractivity contribution in [1.29, 1.82) is 0 Å². The number of H-pyrrole nitrogens is 1. The van der Waals surface area contributed by atoms with Crippen molar-refractivity contribution in [3.8, 4) is 11.4 Å². The van der Waals surface area contributed by atoms with Gasteiger partial charge in [0, 0.05) is 54.3 Å². The first-order chi connectivity index (χ1) is 15.4. The number of carbonyl (C=O) groups excluding carboxylic acids is 1. The van der Waals surface area contributed by atoms with E-state index >= 15 is 0 Å². The van der Waals surface area contributed by atoms with Crippen LogP contribution in [0.25, 0.3) is 11.4 Å². The molecule has 3 aliphatic carbocycles. The molecule has 1 aromatic heterocycles. The van der Waals surface area contributed by atoms with Gasteiger partial charge in [-0.1, -0.05) is 30.3 Å². The van der Waals surface area contributed by atoms with Gasteiger partial charge < -0.3 is 20.7 Å². The summed E-state index contributed by atoms with van der Waals surface area (Å²) in [5.74, 6) is -2.90. The predicted octanol–water partition coefficient (Wildman–Crippen LogP) is 3.36. The summed E-state index contributed by atoms with van der Waals surface area (Å²) in [4.78, 5) is 20.6. The van der Waals surface area contributed by atoms with E-state index in [1.54, 1.807) is 6.20 Å². The van der Waals surface area contributed by atoms with Crippen molar-refractivity contribution in [1.82, 2.24) is 20.6 Å². The number of rotatable bonds is 6. The van der Waals surface area contributed by atoms with Crippen LogP contribution in [0.4, 0.5) is 8.78 Å². The lowest BCUT2D eigenvalue weighted by molar-refractivity contribution is -0.127. The molecule has 1 amide bonds. The average Bonchev–Trinajstić information content (AvgIpc) is 3.35. The summed E-state index contributed by atoms with van der Waals surface area (Å²) in [5.41, 5.74) is 1.70. The van der Waals surface area contributed by atoms with Crippen LogP contribution in [0.2, 0.25) is 0 Å². The number of hydrogen-bond donors (Lipinski definition) is 4. The van der Waals surface area contributed by atoms with Crippen LogP contribution >= 0.6 is 0 Å². The Kier molecular flexibility index (Phi) is 5.75. The Labute approximate surface area is 186 Å². The zero-order valence-corrected chi connectivity index (χ0v) is 17.9. The number of aromatic nitrogens is 2. The molecule has 8 heteroatoms. The summed E-state index contributed by atoms with van der Waals surface area (Å²) in [6.07, 6.45) is 3.82. The molecule has 0 aliphatic heterocycles. The summed E-state index contributed by atoms with van der Waals surface area (Å²) in [6.45, 7) is 0. The lowest BCUT2D eigenvalue weighted by atomic mass is 9.90. The SMILES string of the molecule is O=C(NC1CC1)[C@H]1C[C@@H](NC2CCC(F)(F)CC2)[C@H](c2cnc(-c3ccccc3)[nH]2)[C@@H]1O. The molecule has 3 fully saturated rings. The molecule has 4 atom stereocenters. The highest BCUT2D eigenvalue weighted by atomic mass is 19.3. The van der Waals surface area contributed by atoms with Gasteiger partial charge in [0.05, 0.1) is 12.0 Å². The summed E-state index contributed by atoms with van der Waals surface area (Å²) in [7, 11) is 0. The summed E-state index contributed by atoms with van der Waals surface area (Å²) in [5, 5.41) is 17.7. The van der Waals surface area contributed by atoms with Crippen molar-refractivity contribution in [2.75, 3.05) is 0 Å². The lowest BCUT2D eigenvalue weighted by Crippen LogP contribution is -2.44. The number of aliphatic hydroxyl groups is 1. The molecule has 1 heterocycles. The molecule has 2 aromatic rings. The fourth-order valence-electron chi connectivity index (χ4n) is 5.18. The zero-order chi connectivity index (χ0) is 22.3. The van der Waals surface area contributed by atoms with Crippen molar-refractivity contribution in [2.45, 2.75) is 81.0 Å². The molecular formula is C24H30F2N4O2. The van der Waals surface area contributed by atoms with Gasteiger partial charge in [-0.25, -0.2) is 13.8 Å². The number of halogens is 2. The van der Waals surface area contributed by atoms with E-state index in [0.717, 1.165) is 24.1 Å². The number of alkyl halides is 2. The van der Waals surface area contributed by atoms with Crippen molar-refractivity contribution < 1.29 is 18.7 Å². The molecular weight excluding hydrogens is 414 g/mol. The third kappa shape index (κ3) is 4.57. The number of imidazole rings is 1. The maximum Gasteiger partial charge on any atom is 0.248 e. The average molecular weight is 445 g/mol. The highest BCUT2D eigenvalue weighted by molar-refractivity contribution is 5.80. The molecule has 3 aliphatic rings. The Bertz CT molecular complexity index is 936. The monoisotopic (exact) mass is 444 g/mol. The molecule has 3 saturated carbocycles. The van der Waals surface area contributed by atoms with Crippen LogP contribution in [0.15, 0.2) is 36.5 Å². The maximum absolute atomic E-state index is 13.6. The number of hydrogen-bond acceptors (Lipinski definition) is 4. The second-order valence-corrected chi connectivity index (χ2v) is 9.60. The number of nitrogens with one attached hydrogen (secondary N) is 3. The Morgan fingerprint density at radius 2 is 1.81 bits per heavy atom. The zero-order valence-electron chi connectivity index (χ0n) is 17.9. The van der Waals surface area contributed by atoms with Gasteiger partial charge in [-0.15, -0.1) is 0 Å². The molecule has 0 spiro atoms. The molecule has 1 aromatic carbocycles. The molecule has 0 bridgehead atoms. The van der Waals surface area contributed by atoms with E-state index in [4.69, 9.17) is 0 Å². The largest absolute Gasteiger partial charge is 0.392 e. The van der Waals surface area contributed by atoms with Gasteiger partial charge in [-0.3, -0.25) is 4.79 Å². The molecule has 172 valence electrons. The fourth-order valence-corrected chi connectivity index (χ4v) is 5.18. The normalized spacial score (nSPS) is 30.3. The Balaban J connectivity index is 1.36. The fraction of sp³-hybridized carbons (Fsp3) is 0.583. The number of carbonyl (C=O) groups is 1. The Morgan fingerprint density at radius 1 is 1.09 bits per heavy atom. The smallest absolute Gasteiger partial charge is 0.248 e. The number of aliphatic hydroxyl groups excluding tert-OH is 1. The lowest BCUT2D eigenvalue weighted by Gasteiger charge is -2.33. The van der Waals surface area contributed by atoms with E-state index in [-0.39, 0.29) is 42.8 Å². The van der Waals surface area contributed by atoms with Gasteiger partial charge in [0.15, 0.2) is 0 Å². The molecule has 32 heavy (non-hydrogen) atoms. The van der Waals surface area contributed by atoms with Crippen LogP contribution in [0.3, 0.4) is 0 Å². The van der Waals surface area contributed by atoms with Crippen molar-refractivity contribution >= 4 is 5.91 Å². The Hall–Kier alpha value is -2.32. The summed E-state index contributed by atoms with van der Waals surface area (Å²) >= 11 is 0. The molecule has 6 nitrogen and oxygen atoms in total. The first kappa shape index (κ1) is 21.5. The van der Waals surface area contributed by atoms with Gasteiger partial charge in [0.2, 0.25) is 11.8 Å². The molecule has 0 unspecified atom stereocenters. The Morgan fingerprint density at radius 3 is 2.50 bits per heavy atom. The highest BCUT2D eigenvalue weighted by Gasteiger charge is 2.49. The minimum Gasteiger partial charge on any atom is -0.392 e. The van der Waals surface area contributed by atoms with E-state index in [2.05, 4.69) is 20.6 Å². The highest BCUT2D eigenvalue weighted by Crippen LogP contribution is 2.41. The third-order valence-corrected chi connectivity index (χ3v) is 7.15. The van der Waals surface area contributed by atoms with E-state index in [0.29, 0.717) is 25.1 Å². The van der Waals surface area contributed by atoms with Crippen LogP contribution in [-0.4, -0.2) is 51.1 Å². The number of benzene rings is 1. The van der Waals surface area contributed by atoms with E-state index in [1.165, 1.54) is 0 Å². The standard InChI is InChI=1S/C24H30F2N4O2/c25-24(26)10-8-16(9-11-24)28-18-12-17(23(32)29-15-6-7-15)21(31)20(18)19-13-27-22(30-19)14-4-2-1-3-5-14/h1-5,13,15-18,20-21,28,31H,6-12H2,(H,27,30)(H,29,32)/t17-,18+,20+,21+/m0/s1. The van der Waals surface area contributed by atoms with Crippen LogP contribution in [0.1, 0.15) is 56.6 Å². The molecule has 0 radical (unpaired) electrons. The van der Waals surface area contributed by atoms with Crippen LogP contribution < -0.4 is 10.6 Å². The first-order valence-corrected chi connectivity index (χ1v) is 11.6. The number of aromatic amines is 1. The maximum atomic E-state index is 13.6. The summed E-state index contributed by atoms with van der Waals surface area (Å²) < 4.78 is 27.2. The number of amides is 1. The minimum absolute atomic E-state index is 0.0453. The predicted molar refractivity (Wildman–Crippen MR) is 116 cm³/mol.